The SMILES string of the molecule is CCCN1c2ccc(/C=C3/NC(=O)N(CC(=O)Nc4ccc(C)cc4)C3=O)cc2C(C)=CC1(C)C. The molecule has 2 heterocycles. The van der Waals surface area contributed by atoms with E-state index in [1.807, 2.05) is 31.2 Å². The number of hydrogen-bond donors (Lipinski definition) is 2. The molecule has 4 amide bonds. The fourth-order valence-corrected chi connectivity index (χ4v) is 4.69. The molecular formula is C28H32N4O3. The first-order valence-corrected chi connectivity index (χ1v) is 11.9. The first-order valence-electron chi connectivity index (χ1n) is 11.9. The Morgan fingerprint density at radius 2 is 1.80 bits per heavy atom. The van der Waals surface area contributed by atoms with Crippen LogP contribution >= 0.6 is 0 Å². The molecule has 0 spiro atoms. The molecule has 4 rings (SSSR count). The number of urea groups is 1. The topological polar surface area (TPSA) is 81.8 Å². The number of carbonyl (C=O) groups excluding carboxylic acids is 3. The Morgan fingerprint density at radius 1 is 1.09 bits per heavy atom. The van der Waals surface area contributed by atoms with Crippen molar-refractivity contribution in [3.8, 4) is 0 Å². The lowest BCUT2D eigenvalue weighted by Gasteiger charge is -2.43. The minimum Gasteiger partial charge on any atom is -0.362 e. The maximum absolute atomic E-state index is 12.9. The van der Waals surface area contributed by atoms with Gasteiger partial charge in [0.25, 0.3) is 5.91 Å². The number of fused-ring (bicyclic) bond motifs is 1. The molecule has 0 aromatic heterocycles. The summed E-state index contributed by atoms with van der Waals surface area (Å²) in [5.74, 6) is -0.959. The third kappa shape index (κ3) is 4.99. The Morgan fingerprint density at radius 3 is 2.49 bits per heavy atom. The molecule has 0 aliphatic carbocycles. The van der Waals surface area contributed by atoms with Crippen molar-refractivity contribution >= 4 is 40.9 Å². The average molecular weight is 473 g/mol. The van der Waals surface area contributed by atoms with E-state index < -0.39 is 17.8 Å². The fourth-order valence-electron chi connectivity index (χ4n) is 4.69. The molecule has 0 atom stereocenters. The molecule has 0 saturated carbocycles. The monoisotopic (exact) mass is 472 g/mol. The van der Waals surface area contributed by atoms with E-state index in [4.69, 9.17) is 0 Å². The number of hydrogen-bond acceptors (Lipinski definition) is 4. The number of rotatable bonds is 6. The zero-order valence-corrected chi connectivity index (χ0v) is 20.9. The van der Waals surface area contributed by atoms with Gasteiger partial charge in [-0.15, -0.1) is 0 Å². The van der Waals surface area contributed by atoms with Crippen molar-refractivity contribution < 1.29 is 14.4 Å². The van der Waals surface area contributed by atoms with Gasteiger partial charge in [-0.3, -0.25) is 9.59 Å². The summed E-state index contributed by atoms with van der Waals surface area (Å²) in [4.78, 5) is 41.1. The molecule has 2 aromatic rings. The van der Waals surface area contributed by atoms with Gasteiger partial charge in [0.2, 0.25) is 5.91 Å². The lowest BCUT2D eigenvalue weighted by atomic mass is 9.87. The van der Waals surface area contributed by atoms with Crippen molar-refractivity contribution in [3.63, 3.8) is 0 Å². The molecule has 7 heteroatoms. The lowest BCUT2D eigenvalue weighted by Crippen LogP contribution is -2.45. The minimum atomic E-state index is -0.606. The number of imide groups is 1. The van der Waals surface area contributed by atoms with Gasteiger partial charge in [-0.05, 0) is 75.6 Å². The maximum atomic E-state index is 12.9. The highest BCUT2D eigenvalue weighted by atomic mass is 16.2. The second-order valence-electron chi connectivity index (χ2n) is 9.70. The summed E-state index contributed by atoms with van der Waals surface area (Å²) < 4.78 is 0. The Kier molecular flexibility index (Phi) is 6.52. The first-order chi connectivity index (χ1) is 16.6. The van der Waals surface area contributed by atoms with Crippen LogP contribution in [0, 0.1) is 6.92 Å². The number of amides is 4. The number of benzene rings is 2. The van der Waals surface area contributed by atoms with E-state index in [9.17, 15) is 14.4 Å². The van der Waals surface area contributed by atoms with Crippen molar-refractivity contribution in [2.24, 2.45) is 0 Å². The number of carbonyl (C=O) groups is 3. The van der Waals surface area contributed by atoms with Gasteiger partial charge >= 0.3 is 6.03 Å². The summed E-state index contributed by atoms with van der Waals surface area (Å²) in [7, 11) is 0. The summed E-state index contributed by atoms with van der Waals surface area (Å²) in [6.07, 6.45) is 4.96. The van der Waals surface area contributed by atoms with Crippen molar-refractivity contribution in [1.29, 1.82) is 0 Å². The van der Waals surface area contributed by atoms with Gasteiger partial charge in [0.15, 0.2) is 0 Å². The van der Waals surface area contributed by atoms with Crippen LogP contribution in [-0.4, -0.2) is 41.4 Å². The summed E-state index contributed by atoms with van der Waals surface area (Å²) in [5.41, 5.74) is 6.01. The molecular weight excluding hydrogens is 440 g/mol. The van der Waals surface area contributed by atoms with Crippen LogP contribution in [0.1, 0.15) is 50.8 Å². The van der Waals surface area contributed by atoms with Crippen LogP contribution in [0.4, 0.5) is 16.2 Å². The standard InChI is InChI=1S/C28H32N4O3/c1-6-13-32-24-12-9-20(14-22(24)19(3)16-28(32,4)5)15-23-26(34)31(27(35)30-23)17-25(33)29-21-10-7-18(2)8-11-21/h7-12,14-16H,6,13,17H2,1-5H3,(H,29,33)(H,30,35)/b23-15+. The second kappa shape index (κ2) is 9.41. The number of nitrogens with one attached hydrogen (secondary N) is 2. The third-order valence-electron chi connectivity index (χ3n) is 6.36. The zero-order valence-electron chi connectivity index (χ0n) is 20.9. The van der Waals surface area contributed by atoms with Crippen LogP contribution in [0.3, 0.4) is 0 Å². The van der Waals surface area contributed by atoms with Gasteiger partial charge in [-0.25, -0.2) is 9.69 Å². The predicted molar refractivity (Wildman–Crippen MR) is 140 cm³/mol. The number of nitrogens with zero attached hydrogens (tertiary/aromatic N) is 2. The quantitative estimate of drug-likeness (QED) is 0.461. The summed E-state index contributed by atoms with van der Waals surface area (Å²) in [6, 6.07) is 12.8. The maximum Gasteiger partial charge on any atom is 0.329 e. The van der Waals surface area contributed by atoms with Gasteiger partial charge in [0.1, 0.15) is 12.2 Å². The molecule has 2 N–H and O–H groups in total. The van der Waals surface area contributed by atoms with Crippen LogP contribution in [0.25, 0.3) is 11.6 Å². The number of aryl methyl sites for hydroxylation is 1. The zero-order chi connectivity index (χ0) is 25.3. The molecule has 2 aromatic carbocycles. The Hall–Kier alpha value is -3.87. The van der Waals surface area contributed by atoms with E-state index in [1.165, 1.54) is 5.57 Å². The summed E-state index contributed by atoms with van der Waals surface area (Å²) in [6.45, 7) is 11.2. The van der Waals surface area contributed by atoms with Gasteiger partial charge < -0.3 is 15.5 Å². The van der Waals surface area contributed by atoms with E-state index in [2.05, 4.69) is 55.4 Å². The Balaban J connectivity index is 1.52. The number of allylic oxidation sites excluding steroid dienone is 1. The Bertz CT molecular complexity index is 1240. The normalized spacial score (nSPS) is 17.9. The molecule has 2 aliphatic heterocycles. The highest BCUT2D eigenvalue weighted by Crippen LogP contribution is 2.39. The summed E-state index contributed by atoms with van der Waals surface area (Å²) >= 11 is 0. The third-order valence-corrected chi connectivity index (χ3v) is 6.36. The lowest BCUT2D eigenvalue weighted by molar-refractivity contribution is -0.127. The van der Waals surface area contributed by atoms with Crippen LogP contribution in [0.2, 0.25) is 0 Å². The smallest absolute Gasteiger partial charge is 0.329 e. The van der Waals surface area contributed by atoms with Crippen molar-refractivity contribution in [2.75, 3.05) is 23.3 Å². The van der Waals surface area contributed by atoms with E-state index in [0.29, 0.717) is 5.69 Å². The van der Waals surface area contributed by atoms with Crippen molar-refractivity contribution in [2.45, 2.75) is 46.6 Å². The molecule has 0 bridgehead atoms. The second-order valence-corrected chi connectivity index (χ2v) is 9.70. The van der Waals surface area contributed by atoms with Gasteiger partial charge in [-0.1, -0.05) is 36.8 Å². The van der Waals surface area contributed by atoms with Crippen molar-refractivity contribution in [3.05, 3.63) is 70.9 Å². The van der Waals surface area contributed by atoms with Gasteiger partial charge in [-0.2, -0.15) is 0 Å². The molecule has 0 radical (unpaired) electrons. The Labute approximate surface area is 206 Å². The molecule has 2 aliphatic rings. The van der Waals surface area contributed by atoms with E-state index in [0.717, 1.165) is 40.2 Å². The first kappa shape index (κ1) is 24.3. The largest absolute Gasteiger partial charge is 0.362 e. The molecule has 35 heavy (non-hydrogen) atoms. The van der Waals surface area contributed by atoms with Gasteiger partial charge in [0, 0.05) is 23.5 Å². The highest BCUT2D eigenvalue weighted by molar-refractivity contribution is 6.16. The van der Waals surface area contributed by atoms with Crippen LogP contribution in [-0.2, 0) is 9.59 Å². The fraction of sp³-hybridized carbons (Fsp3) is 0.321. The summed E-state index contributed by atoms with van der Waals surface area (Å²) in [5, 5.41) is 5.32. The highest BCUT2D eigenvalue weighted by Gasteiger charge is 2.35. The van der Waals surface area contributed by atoms with E-state index in [1.54, 1.807) is 18.2 Å². The predicted octanol–water partition coefficient (Wildman–Crippen LogP) is 4.94. The average Bonchev–Trinajstić information content (AvgIpc) is 3.05. The van der Waals surface area contributed by atoms with Crippen LogP contribution in [0.5, 0.6) is 0 Å². The molecule has 0 unspecified atom stereocenters. The van der Waals surface area contributed by atoms with E-state index in [-0.39, 0.29) is 17.8 Å². The minimum absolute atomic E-state index is 0.0812. The molecule has 7 nitrogen and oxygen atoms in total. The number of anilines is 2. The van der Waals surface area contributed by atoms with E-state index >= 15 is 0 Å². The molecule has 1 fully saturated rings. The molecule has 1 saturated heterocycles. The van der Waals surface area contributed by atoms with Crippen molar-refractivity contribution in [1.82, 2.24) is 10.2 Å². The molecule has 182 valence electrons. The van der Waals surface area contributed by atoms with Crippen LogP contribution < -0.4 is 15.5 Å². The van der Waals surface area contributed by atoms with Gasteiger partial charge in [0.05, 0.1) is 5.54 Å². The van der Waals surface area contributed by atoms with Crippen LogP contribution in [0.15, 0.2) is 54.2 Å².